The highest BCUT2D eigenvalue weighted by Gasteiger charge is 2.15. The molecule has 2 aromatic rings. The van der Waals surface area contributed by atoms with E-state index in [1.54, 1.807) is 24.3 Å². The molecule has 0 bridgehead atoms. The average Bonchev–Trinajstić information content (AvgIpc) is 2.52. The zero-order valence-corrected chi connectivity index (χ0v) is 13.7. The predicted octanol–water partition coefficient (Wildman–Crippen LogP) is 1.40. The summed E-state index contributed by atoms with van der Waals surface area (Å²) >= 11 is 0. The highest BCUT2D eigenvalue weighted by molar-refractivity contribution is 7.88. The number of hydrogen-bond acceptors (Lipinski definition) is 6. The van der Waals surface area contributed by atoms with Crippen molar-refractivity contribution >= 4 is 27.3 Å². The number of nitrogens with two attached hydrogens (primary N) is 1. The number of primary sulfonamides is 1. The molecule has 0 aliphatic carbocycles. The summed E-state index contributed by atoms with van der Waals surface area (Å²) in [4.78, 5) is 22.2. The van der Waals surface area contributed by atoms with Gasteiger partial charge in [-0.2, -0.15) is 0 Å². The molecular formula is C15H15N3O6S. The van der Waals surface area contributed by atoms with Gasteiger partial charge in [-0.3, -0.25) is 14.9 Å². The molecule has 0 saturated heterocycles. The molecule has 0 radical (unpaired) electrons. The molecule has 0 heterocycles. The first-order valence-electron chi connectivity index (χ1n) is 7.00. The van der Waals surface area contributed by atoms with E-state index in [0.29, 0.717) is 11.3 Å². The van der Waals surface area contributed by atoms with Gasteiger partial charge in [-0.15, -0.1) is 0 Å². The molecule has 3 N–H and O–H groups in total. The van der Waals surface area contributed by atoms with Gasteiger partial charge >= 0.3 is 5.69 Å². The number of sulfonamides is 1. The molecule has 0 unspecified atom stereocenters. The minimum atomic E-state index is -3.68. The molecular weight excluding hydrogens is 350 g/mol. The number of nitro benzene ring substituents is 1. The summed E-state index contributed by atoms with van der Waals surface area (Å²) in [7, 11) is -3.68. The fourth-order valence-corrected chi connectivity index (χ4v) is 2.69. The molecule has 0 aliphatic rings. The third-order valence-electron chi connectivity index (χ3n) is 3.00. The van der Waals surface area contributed by atoms with Crippen molar-refractivity contribution in [2.24, 2.45) is 5.14 Å². The zero-order valence-electron chi connectivity index (χ0n) is 12.9. The highest BCUT2D eigenvalue weighted by Crippen LogP contribution is 2.25. The van der Waals surface area contributed by atoms with E-state index in [2.05, 4.69) is 5.32 Å². The largest absolute Gasteiger partial charge is 0.477 e. The van der Waals surface area contributed by atoms with Crippen LogP contribution in [-0.4, -0.2) is 25.9 Å². The Morgan fingerprint density at radius 3 is 2.60 bits per heavy atom. The van der Waals surface area contributed by atoms with Crippen LogP contribution in [0.3, 0.4) is 0 Å². The fourth-order valence-electron chi connectivity index (χ4n) is 2.04. The number of amides is 1. The first-order valence-corrected chi connectivity index (χ1v) is 8.71. The molecule has 0 spiro atoms. The van der Waals surface area contributed by atoms with E-state index in [1.165, 1.54) is 24.3 Å². The number of benzene rings is 2. The SMILES string of the molecule is NS(=O)(=O)Cc1cccc(NC(=O)COc2ccccc2[N+](=O)[O-])c1. The maximum atomic E-state index is 11.9. The Morgan fingerprint density at radius 2 is 1.92 bits per heavy atom. The smallest absolute Gasteiger partial charge is 0.310 e. The maximum Gasteiger partial charge on any atom is 0.310 e. The second-order valence-electron chi connectivity index (χ2n) is 5.07. The first kappa shape index (κ1) is 18.4. The second kappa shape index (κ2) is 7.73. The van der Waals surface area contributed by atoms with Gasteiger partial charge in [-0.05, 0) is 23.8 Å². The Hall–Kier alpha value is -2.98. The van der Waals surface area contributed by atoms with Gasteiger partial charge in [-0.25, -0.2) is 13.6 Å². The van der Waals surface area contributed by atoms with E-state index in [1.807, 2.05) is 0 Å². The van der Waals surface area contributed by atoms with Gasteiger partial charge in [0.2, 0.25) is 10.0 Å². The lowest BCUT2D eigenvalue weighted by atomic mass is 10.2. The maximum absolute atomic E-state index is 11.9. The van der Waals surface area contributed by atoms with Crippen molar-refractivity contribution in [3.63, 3.8) is 0 Å². The second-order valence-corrected chi connectivity index (χ2v) is 6.68. The normalized spacial score (nSPS) is 10.9. The predicted molar refractivity (Wildman–Crippen MR) is 90.5 cm³/mol. The summed E-state index contributed by atoms with van der Waals surface area (Å²) in [6, 6.07) is 11.9. The summed E-state index contributed by atoms with van der Waals surface area (Å²) in [6.45, 7) is -0.440. The van der Waals surface area contributed by atoms with Crippen LogP contribution >= 0.6 is 0 Å². The quantitative estimate of drug-likeness (QED) is 0.561. The van der Waals surface area contributed by atoms with Crippen molar-refractivity contribution < 1.29 is 22.9 Å². The van der Waals surface area contributed by atoms with Crippen LogP contribution in [0.1, 0.15) is 5.56 Å². The molecule has 0 aromatic heterocycles. The van der Waals surface area contributed by atoms with Crippen LogP contribution < -0.4 is 15.2 Å². The minimum absolute atomic E-state index is 0.0226. The number of ether oxygens (including phenoxy) is 1. The van der Waals surface area contributed by atoms with Gasteiger partial charge in [0.15, 0.2) is 12.4 Å². The number of nitro groups is 1. The standard InChI is InChI=1S/C15H15N3O6S/c16-25(22,23)10-11-4-3-5-12(8-11)17-15(19)9-24-14-7-2-1-6-13(14)18(20)21/h1-8H,9-10H2,(H,17,19)(H2,16,22,23). The van der Waals surface area contributed by atoms with E-state index in [-0.39, 0.29) is 17.2 Å². The van der Waals surface area contributed by atoms with Gasteiger partial charge in [0.05, 0.1) is 10.7 Å². The topological polar surface area (TPSA) is 142 Å². The zero-order chi connectivity index (χ0) is 18.4. The van der Waals surface area contributed by atoms with Crippen molar-refractivity contribution in [3.8, 4) is 5.75 Å². The highest BCUT2D eigenvalue weighted by atomic mass is 32.2. The molecule has 132 valence electrons. The Balaban J connectivity index is 1.99. The minimum Gasteiger partial charge on any atom is -0.477 e. The van der Waals surface area contributed by atoms with Gasteiger partial charge in [0.1, 0.15) is 0 Å². The third-order valence-corrected chi connectivity index (χ3v) is 3.74. The summed E-state index contributed by atoms with van der Waals surface area (Å²) in [5.74, 6) is -0.930. The van der Waals surface area contributed by atoms with Crippen LogP contribution in [0.5, 0.6) is 5.75 Å². The molecule has 2 rings (SSSR count). The molecule has 1 amide bonds. The molecule has 0 fully saturated rings. The first-order chi connectivity index (χ1) is 11.7. The van der Waals surface area contributed by atoms with Crippen LogP contribution in [0, 0.1) is 10.1 Å². The molecule has 2 aromatic carbocycles. The number of anilines is 1. The van der Waals surface area contributed by atoms with E-state index in [9.17, 15) is 23.3 Å². The lowest BCUT2D eigenvalue weighted by molar-refractivity contribution is -0.385. The van der Waals surface area contributed by atoms with Crippen molar-refractivity contribution in [2.45, 2.75) is 5.75 Å². The van der Waals surface area contributed by atoms with Crippen LogP contribution in [0.2, 0.25) is 0 Å². The number of carbonyl (C=O) groups excluding carboxylic acids is 1. The lowest BCUT2D eigenvalue weighted by Crippen LogP contribution is -2.20. The summed E-state index contributed by atoms with van der Waals surface area (Å²) in [5.41, 5.74) is 0.530. The molecule has 0 atom stereocenters. The number of rotatable bonds is 7. The Morgan fingerprint density at radius 1 is 1.20 bits per heavy atom. The van der Waals surface area contributed by atoms with Crippen molar-refractivity contribution in [2.75, 3.05) is 11.9 Å². The van der Waals surface area contributed by atoms with Gasteiger partial charge < -0.3 is 10.1 Å². The number of nitrogens with one attached hydrogen (secondary N) is 1. The van der Waals surface area contributed by atoms with Crippen LogP contribution in [-0.2, 0) is 20.6 Å². The third kappa shape index (κ3) is 5.86. The van der Waals surface area contributed by atoms with E-state index in [4.69, 9.17) is 9.88 Å². The van der Waals surface area contributed by atoms with Gasteiger partial charge in [0.25, 0.3) is 5.91 Å². The molecule has 0 aliphatic heterocycles. The van der Waals surface area contributed by atoms with Crippen LogP contribution in [0.4, 0.5) is 11.4 Å². The fraction of sp³-hybridized carbons (Fsp3) is 0.133. The van der Waals surface area contributed by atoms with Crippen molar-refractivity contribution in [3.05, 3.63) is 64.2 Å². The number of hydrogen-bond donors (Lipinski definition) is 2. The number of nitrogens with zero attached hydrogens (tertiary/aromatic N) is 1. The lowest BCUT2D eigenvalue weighted by Gasteiger charge is -2.09. The number of para-hydroxylation sites is 2. The Kier molecular flexibility index (Phi) is 5.67. The molecule has 0 saturated carbocycles. The molecule has 25 heavy (non-hydrogen) atoms. The summed E-state index contributed by atoms with van der Waals surface area (Å²) in [5, 5.41) is 18.4. The van der Waals surface area contributed by atoms with Crippen molar-refractivity contribution in [1.29, 1.82) is 0 Å². The van der Waals surface area contributed by atoms with E-state index in [0.717, 1.165) is 0 Å². The Labute approximate surface area is 143 Å². The Bertz CT molecular complexity index is 898. The van der Waals surface area contributed by atoms with E-state index < -0.39 is 27.5 Å². The number of carbonyl (C=O) groups is 1. The van der Waals surface area contributed by atoms with Gasteiger partial charge in [0, 0.05) is 11.8 Å². The molecule has 9 nitrogen and oxygen atoms in total. The van der Waals surface area contributed by atoms with Gasteiger partial charge in [-0.1, -0.05) is 24.3 Å². The monoisotopic (exact) mass is 365 g/mol. The van der Waals surface area contributed by atoms with Crippen molar-refractivity contribution in [1.82, 2.24) is 0 Å². The summed E-state index contributed by atoms with van der Waals surface area (Å²) in [6.07, 6.45) is 0. The molecule has 10 heteroatoms. The average molecular weight is 365 g/mol. The van der Waals surface area contributed by atoms with Crippen LogP contribution in [0.15, 0.2) is 48.5 Å². The summed E-state index contributed by atoms with van der Waals surface area (Å²) < 4.78 is 27.4. The van der Waals surface area contributed by atoms with E-state index >= 15 is 0 Å². The van der Waals surface area contributed by atoms with Crippen LogP contribution in [0.25, 0.3) is 0 Å².